The van der Waals surface area contributed by atoms with E-state index in [1.165, 1.54) is 12.8 Å². The van der Waals surface area contributed by atoms with Crippen LogP contribution in [0, 0.1) is 11.8 Å². The van der Waals surface area contributed by atoms with Gasteiger partial charge in [-0.1, -0.05) is 6.42 Å². The Morgan fingerprint density at radius 2 is 2.17 bits per heavy atom. The van der Waals surface area contributed by atoms with Crippen molar-refractivity contribution >= 4 is 5.91 Å². The van der Waals surface area contributed by atoms with Crippen molar-refractivity contribution in [3.63, 3.8) is 0 Å². The van der Waals surface area contributed by atoms with Gasteiger partial charge in [-0.25, -0.2) is 0 Å². The molecule has 2 rings (SSSR count). The fourth-order valence-electron chi connectivity index (χ4n) is 3.14. The van der Waals surface area contributed by atoms with Crippen molar-refractivity contribution < 1.29 is 9.53 Å². The molecule has 1 amide bonds. The third kappa shape index (κ3) is 3.69. The second kappa shape index (κ2) is 6.53. The lowest BCUT2D eigenvalue weighted by Gasteiger charge is -2.28. The minimum atomic E-state index is 0.236. The van der Waals surface area contributed by atoms with Crippen LogP contribution in [0.1, 0.15) is 38.5 Å². The van der Waals surface area contributed by atoms with Crippen LogP contribution in [0.2, 0.25) is 0 Å². The highest BCUT2D eigenvalue weighted by Crippen LogP contribution is 2.27. The number of hydrogen-bond acceptors (Lipinski definition) is 3. The molecule has 2 fully saturated rings. The smallest absolute Gasteiger partial charge is 0.222 e. The van der Waals surface area contributed by atoms with E-state index in [9.17, 15) is 4.79 Å². The van der Waals surface area contributed by atoms with Crippen LogP contribution in [0.5, 0.6) is 0 Å². The molecular formula is C14H26N2O2. The average Bonchev–Trinajstić information content (AvgIpc) is 2.76. The molecule has 0 spiro atoms. The highest BCUT2D eigenvalue weighted by molar-refractivity contribution is 5.76. The number of ether oxygens (including phenoxy) is 1. The number of rotatable bonds is 4. The molecule has 4 heteroatoms. The van der Waals surface area contributed by atoms with Crippen molar-refractivity contribution in [2.24, 2.45) is 17.6 Å². The lowest BCUT2D eigenvalue weighted by atomic mass is 9.98. The largest absolute Gasteiger partial charge is 0.381 e. The first-order chi connectivity index (χ1) is 8.66. The predicted molar refractivity (Wildman–Crippen MR) is 71.1 cm³/mol. The summed E-state index contributed by atoms with van der Waals surface area (Å²) in [6.07, 6.45) is 6.32. The van der Waals surface area contributed by atoms with Gasteiger partial charge in [0.15, 0.2) is 0 Å². The van der Waals surface area contributed by atoms with Crippen molar-refractivity contribution in [2.75, 3.05) is 26.8 Å². The molecule has 18 heavy (non-hydrogen) atoms. The molecule has 1 saturated carbocycles. The lowest BCUT2D eigenvalue weighted by Crippen LogP contribution is -2.37. The summed E-state index contributed by atoms with van der Waals surface area (Å²) in [5, 5.41) is 0. The van der Waals surface area contributed by atoms with Crippen molar-refractivity contribution in [2.45, 2.75) is 44.6 Å². The molecule has 104 valence electrons. The van der Waals surface area contributed by atoms with E-state index in [-0.39, 0.29) is 11.9 Å². The van der Waals surface area contributed by atoms with Crippen LogP contribution in [0.15, 0.2) is 0 Å². The first-order valence-corrected chi connectivity index (χ1v) is 7.24. The van der Waals surface area contributed by atoms with E-state index in [0.717, 1.165) is 39.0 Å². The third-order valence-corrected chi connectivity index (χ3v) is 4.37. The first-order valence-electron chi connectivity index (χ1n) is 7.24. The van der Waals surface area contributed by atoms with Gasteiger partial charge < -0.3 is 15.4 Å². The molecule has 1 aliphatic heterocycles. The summed E-state index contributed by atoms with van der Waals surface area (Å²) in [6, 6.07) is 0.236. The van der Waals surface area contributed by atoms with Crippen molar-refractivity contribution in [1.82, 2.24) is 4.90 Å². The van der Waals surface area contributed by atoms with Crippen LogP contribution in [0.4, 0.5) is 0 Å². The number of amides is 1. The van der Waals surface area contributed by atoms with Crippen LogP contribution in [-0.4, -0.2) is 43.7 Å². The first kappa shape index (κ1) is 13.8. The molecule has 0 aromatic rings. The summed E-state index contributed by atoms with van der Waals surface area (Å²) in [5.41, 5.74) is 6.02. The zero-order valence-corrected chi connectivity index (χ0v) is 11.4. The van der Waals surface area contributed by atoms with E-state index in [4.69, 9.17) is 10.5 Å². The minimum absolute atomic E-state index is 0.236. The number of nitrogens with zero attached hydrogens (tertiary/aromatic N) is 1. The summed E-state index contributed by atoms with van der Waals surface area (Å²) in [7, 11) is 1.91. The number of carbonyl (C=O) groups excluding carboxylic acids is 1. The fourth-order valence-corrected chi connectivity index (χ4v) is 3.14. The van der Waals surface area contributed by atoms with Gasteiger partial charge in [-0.15, -0.1) is 0 Å². The SMILES string of the molecule is CN(CC1CCCOC1)C(=O)C[C@@H]1CCC[C@H]1N. The molecule has 3 atom stereocenters. The Labute approximate surface area is 110 Å². The Morgan fingerprint density at radius 3 is 2.78 bits per heavy atom. The van der Waals surface area contributed by atoms with Crippen LogP contribution >= 0.6 is 0 Å². The Hall–Kier alpha value is -0.610. The van der Waals surface area contributed by atoms with Crippen LogP contribution in [-0.2, 0) is 9.53 Å². The van der Waals surface area contributed by atoms with E-state index in [0.29, 0.717) is 18.3 Å². The van der Waals surface area contributed by atoms with Gasteiger partial charge in [-0.05, 0) is 37.5 Å². The van der Waals surface area contributed by atoms with E-state index in [2.05, 4.69) is 0 Å². The maximum atomic E-state index is 12.1. The lowest BCUT2D eigenvalue weighted by molar-refractivity contribution is -0.132. The molecule has 1 heterocycles. The molecule has 1 unspecified atom stereocenters. The van der Waals surface area contributed by atoms with Crippen molar-refractivity contribution in [1.29, 1.82) is 0 Å². The molecule has 2 aliphatic rings. The highest BCUT2D eigenvalue weighted by atomic mass is 16.5. The average molecular weight is 254 g/mol. The summed E-state index contributed by atoms with van der Waals surface area (Å²) in [4.78, 5) is 14.0. The van der Waals surface area contributed by atoms with Gasteiger partial charge in [0.25, 0.3) is 0 Å². The predicted octanol–water partition coefficient (Wildman–Crippen LogP) is 1.39. The Morgan fingerprint density at radius 1 is 1.33 bits per heavy atom. The Bertz CT molecular complexity index is 277. The second-order valence-corrected chi connectivity index (χ2v) is 5.92. The van der Waals surface area contributed by atoms with Gasteiger partial charge in [-0.3, -0.25) is 4.79 Å². The summed E-state index contributed by atoms with van der Waals surface area (Å²) < 4.78 is 5.46. The molecule has 0 aromatic carbocycles. The van der Waals surface area contributed by atoms with Gasteiger partial charge in [0.05, 0.1) is 6.61 Å². The Kier molecular flexibility index (Phi) is 5.01. The maximum absolute atomic E-state index is 12.1. The monoisotopic (exact) mass is 254 g/mol. The molecular weight excluding hydrogens is 228 g/mol. The highest BCUT2D eigenvalue weighted by Gasteiger charge is 2.28. The fraction of sp³-hybridized carbons (Fsp3) is 0.929. The van der Waals surface area contributed by atoms with Crippen molar-refractivity contribution in [3.8, 4) is 0 Å². The normalized spacial score (nSPS) is 32.4. The van der Waals surface area contributed by atoms with Crippen LogP contribution in [0.25, 0.3) is 0 Å². The zero-order chi connectivity index (χ0) is 13.0. The quantitative estimate of drug-likeness (QED) is 0.825. The van der Waals surface area contributed by atoms with E-state index >= 15 is 0 Å². The molecule has 0 bridgehead atoms. The summed E-state index contributed by atoms with van der Waals surface area (Å²) in [5.74, 6) is 1.18. The number of nitrogens with two attached hydrogens (primary N) is 1. The van der Waals surface area contributed by atoms with Crippen LogP contribution < -0.4 is 5.73 Å². The molecule has 1 aliphatic carbocycles. The number of hydrogen-bond donors (Lipinski definition) is 1. The van der Waals surface area contributed by atoms with Gasteiger partial charge in [0, 0.05) is 32.7 Å². The number of carbonyl (C=O) groups is 1. The summed E-state index contributed by atoms with van der Waals surface area (Å²) >= 11 is 0. The summed E-state index contributed by atoms with van der Waals surface area (Å²) in [6.45, 7) is 2.52. The van der Waals surface area contributed by atoms with Gasteiger partial charge >= 0.3 is 0 Å². The van der Waals surface area contributed by atoms with Gasteiger partial charge in [0.2, 0.25) is 5.91 Å². The molecule has 4 nitrogen and oxygen atoms in total. The maximum Gasteiger partial charge on any atom is 0.222 e. The Balaban J connectivity index is 1.73. The molecule has 2 N–H and O–H groups in total. The third-order valence-electron chi connectivity index (χ3n) is 4.37. The van der Waals surface area contributed by atoms with Gasteiger partial charge in [0.1, 0.15) is 0 Å². The molecule has 0 radical (unpaired) electrons. The molecule has 0 aromatic heterocycles. The van der Waals surface area contributed by atoms with E-state index in [1.54, 1.807) is 0 Å². The van der Waals surface area contributed by atoms with E-state index in [1.807, 2.05) is 11.9 Å². The molecule has 1 saturated heterocycles. The topological polar surface area (TPSA) is 55.6 Å². The zero-order valence-electron chi connectivity index (χ0n) is 11.4. The standard InChI is InChI=1S/C14H26N2O2/c1-16(9-11-4-3-7-18-10-11)14(17)8-12-5-2-6-13(12)15/h11-13H,2-10,15H2,1H3/t11?,12-,13+/m0/s1. The van der Waals surface area contributed by atoms with Gasteiger partial charge in [-0.2, -0.15) is 0 Å². The van der Waals surface area contributed by atoms with E-state index < -0.39 is 0 Å². The minimum Gasteiger partial charge on any atom is -0.381 e. The van der Waals surface area contributed by atoms with Crippen molar-refractivity contribution in [3.05, 3.63) is 0 Å². The second-order valence-electron chi connectivity index (χ2n) is 5.92. The van der Waals surface area contributed by atoms with Crippen LogP contribution in [0.3, 0.4) is 0 Å².